The number of nitrogens with zero attached hydrogens (tertiary/aromatic N) is 5. The fraction of sp³-hybridized carbons (Fsp3) is 0.375. The first-order valence-electron chi connectivity index (χ1n) is 8.12. The van der Waals surface area contributed by atoms with Crippen molar-refractivity contribution >= 4 is 18.0 Å². The first kappa shape index (κ1) is 16.2. The van der Waals surface area contributed by atoms with E-state index in [1.54, 1.807) is 0 Å². The number of rotatable bonds is 2. The van der Waals surface area contributed by atoms with Crippen LogP contribution in [0.2, 0.25) is 0 Å². The second-order valence-corrected chi connectivity index (χ2v) is 6.24. The summed E-state index contributed by atoms with van der Waals surface area (Å²) in [5, 5.41) is 9.32. The number of cyclic esters (lactones) is 1. The zero-order valence-electron chi connectivity index (χ0n) is 13.8. The van der Waals surface area contributed by atoms with Crippen LogP contribution in [0.5, 0.6) is 0 Å². The lowest BCUT2D eigenvalue weighted by atomic mass is 9.92. The Labute approximate surface area is 148 Å². The van der Waals surface area contributed by atoms with E-state index < -0.39 is 6.09 Å². The van der Waals surface area contributed by atoms with Gasteiger partial charge in [0.25, 0.3) is 0 Å². The molecule has 1 saturated heterocycles. The predicted molar refractivity (Wildman–Crippen MR) is 87.7 cm³/mol. The van der Waals surface area contributed by atoms with Crippen molar-refractivity contribution in [1.82, 2.24) is 24.8 Å². The third-order valence-electron chi connectivity index (χ3n) is 4.54. The summed E-state index contributed by atoms with van der Waals surface area (Å²) in [6.07, 6.45) is 2.88. The van der Waals surface area contributed by atoms with Crippen LogP contribution in [0.25, 0.3) is 11.4 Å². The van der Waals surface area contributed by atoms with Gasteiger partial charge in [0.05, 0.1) is 43.1 Å². The smallest absolute Gasteiger partial charge is 0.407 e. The molecular weight excluding hydrogens is 340 g/mol. The van der Waals surface area contributed by atoms with Crippen LogP contribution in [0.1, 0.15) is 35.7 Å². The van der Waals surface area contributed by atoms with Crippen molar-refractivity contribution in [1.29, 1.82) is 0 Å². The number of amides is 1. The quantitative estimate of drug-likeness (QED) is 0.750. The van der Waals surface area contributed by atoms with Crippen molar-refractivity contribution < 1.29 is 19.4 Å². The number of anilines is 1. The number of nitrogen functional groups attached to an aromatic ring is 1. The molecule has 1 amide bonds. The van der Waals surface area contributed by atoms with Gasteiger partial charge in [-0.2, -0.15) is 0 Å². The van der Waals surface area contributed by atoms with E-state index in [2.05, 4.69) is 19.9 Å². The number of ether oxygens (including phenoxy) is 1. The molecule has 4 rings (SSSR count). The van der Waals surface area contributed by atoms with E-state index in [-0.39, 0.29) is 37.3 Å². The Bertz CT molecular complexity index is 885. The fourth-order valence-electron chi connectivity index (χ4n) is 3.25. The van der Waals surface area contributed by atoms with Gasteiger partial charge in [0.2, 0.25) is 5.95 Å². The Morgan fingerprint density at radius 2 is 2.04 bits per heavy atom. The van der Waals surface area contributed by atoms with Crippen LogP contribution in [-0.2, 0) is 22.6 Å². The molecule has 0 spiro atoms. The second kappa shape index (κ2) is 6.21. The lowest BCUT2D eigenvalue weighted by molar-refractivity contribution is -0.147. The summed E-state index contributed by atoms with van der Waals surface area (Å²) in [6.45, 7) is 0.718. The van der Waals surface area contributed by atoms with Crippen LogP contribution in [0, 0.1) is 0 Å². The average molecular weight is 356 g/mol. The minimum absolute atomic E-state index is 0.129. The van der Waals surface area contributed by atoms with Gasteiger partial charge in [-0.05, 0) is 6.42 Å². The van der Waals surface area contributed by atoms with Crippen LogP contribution in [0.3, 0.4) is 0 Å². The van der Waals surface area contributed by atoms with Gasteiger partial charge < -0.3 is 15.6 Å². The largest absolute Gasteiger partial charge is 0.466 e. The molecule has 10 nitrogen and oxygen atoms in total. The average Bonchev–Trinajstić information content (AvgIpc) is 3.06. The molecule has 0 saturated carbocycles. The van der Waals surface area contributed by atoms with E-state index in [1.807, 2.05) is 0 Å². The van der Waals surface area contributed by atoms with E-state index in [0.29, 0.717) is 35.8 Å². The Morgan fingerprint density at radius 3 is 2.73 bits per heavy atom. The highest BCUT2D eigenvalue weighted by Crippen LogP contribution is 2.35. The Kier molecular flexibility index (Phi) is 3.86. The van der Waals surface area contributed by atoms with E-state index in [4.69, 9.17) is 10.5 Å². The second-order valence-electron chi connectivity index (χ2n) is 6.24. The molecule has 1 atom stereocenters. The van der Waals surface area contributed by atoms with Crippen molar-refractivity contribution in [2.75, 3.05) is 12.3 Å². The fourth-order valence-corrected chi connectivity index (χ4v) is 3.25. The van der Waals surface area contributed by atoms with Crippen molar-refractivity contribution in [2.24, 2.45) is 0 Å². The Balaban J connectivity index is 1.79. The summed E-state index contributed by atoms with van der Waals surface area (Å²) < 4.78 is 5.02. The number of carboxylic acid groups (broad SMARTS) is 1. The van der Waals surface area contributed by atoms with Crippen LogP contribution < -0.4 is 5.73 Å². The van der Waals surface area contributed by atoms with E-state index in [0.717, 1.165) is 5.56 Å². The van der Waals surface area contributed by atoms with Gasteiger partial charge in [-0.1, -0.05) is 0 Å². The van der Waals surface area contributed by atoms with E-state index in [9.17, 15) is 14.7 Å². The Hall–Kier alpha value is -3.30. The molecule has 134 valence electrons. The normalized spacial score (nSPS) is 19.2. The highest BCUT2D eigenvalue weighted by Gasteiger charge is 2.33. The van der Waals surface area contributed by atoms with Crippen molar-refractivity contribution in [3.63, 3.8) is 0 Å². The molecule has 2 aromatic heterocycles. The summed E-state index contributed by atoms with van der Waals surface area (Å²) in [7, 11) is 0. The molecule has 1 unspecified atom stereocenters. The van der Waals surface area contributed by atoms with Crippen molar-refractivity contribution in [2.45, 2.75) is 31.8 Å². The molecule has 26 heavy (non-hydrogen) atoms. The summed E-state index contributed by atoms with van der Waals surface area (Å²) >= 11 is 0. The first-order chi connectivity index (χ1) is 12.5. The maximum atomic E-state index is 11.7. The monoisotopic (exact) mass is 356 g/mol. The maximum Gasteiger partial charge on any atom is 0.407 e. The number of carbonyl (C=O) groups is 2. The van der Waals surface area contributed by atoms with Crippen LogP contribution in [-0.4, -0.2) is 48.6 Å². The third-order valence-corrected chi connectivity index (χ3v) is 4.54. The summed E-state index contributed by atoms with van der Waals surface area (Å²) in [6, 6.07) is 0. The van der Waals surface area contributed by atoms with Crippen LogP contribution in [0.4, 0.5) is 10.7 Å². The van der Waals surface area contributed by atoms with Gasteiger partial charge in [-0.25, -0.2) is 24.7 Å². The van der Waals surface area contributed by atoms with E-state index >= 15 is 0 Å². The molecule has 1 fully saturated rings. The predicted octanol–water partition coefficient (Wildman–Crippen LogP) is 0.930. The van der Waals surface area contributed by atoms with Gasteiger partial charge in [0.1, 0.15) is 0 Å². The molecule has 0 bridgehead atoms. The van der Waals surface area contributed by atoms with Crippen molar-refractivity contribution in [3.8, 4) is 11.4 Å². The van der Waals surface area contributed by atoms with Crippen LogP contribution >= 0.6 is 0 Å². The minimum atomic E-state index is -1.02. The molecule has 4 heterocycles. The molecule has 2 aromatic rings. The number of carbonyl (C=O) groups excluding carboxylic acids is 1. The molecular formula is C16H16N6O4. The maximum absolute atomic E-state index is 11.7. The molecule has 3 N–H and O–H groups in total. The topological polar surface area (TPSA) is 144 Å². The number of aromatic nitrogens is 4. The number of fused-ring (bicyclic) bond motifs is 1. The molecule has 0 aromatic carbocycles. The lowest BCUT2D eigenvalue weighted by Gasteiger charge is -2.23. The van der Waals surface area contributed by atoms with Crippen molar-refractivity contribution in [3.05, 3.63) is 29.3 Å². The van der Waals surface area contributed by atoms with Gasteiger partial charge in [-0.15, -0.1) is 0 Å². The zero-order valence-corrected chi connectivity index (χ0v) is 13.8. The SMILES string of the molecule is Nc1ncc(-c2nc3c(c(C4CCOC(=O)C4)n2)CN(C(=O)O)C3)cn1. The molecule has 10 heteroatoms. The van der Waals surface area contributed by atoms with Gasteiger partial charge in [-0.3, -0.25) is 9.69 Å². The third kappa shape index (κ3) is 2.89. The number of hydrogen-bond donors (Lipinski definition) is 2. The standard InChI is InChI=1S/C16H16N6O4/c17-15-18-4-9(5-19-15)14-20-11-7-22(16(24)25)6-10(11)13(21-14)8-1-2-26-12(23)3-8/h4-5,8H,1-3,6-7H2,(H,24,25)(H2,17,18,19). The molecule has 2 aliphatic heterocycles. The highest BCUT2D eigenvalue weighted by atomic mass is 16.5. The van der Waals surface area contributed by atoms with Crippen LogP contribution in [0.15, 0.2) is 12.4 Å². The Morgan fingerprint density at radius 1 is 1.27 bits per heavy atom. The van der Waals surface area contributed by atoms with Gasteiger partial charge >= 0.3 is 12.1 Å². The molecule has 0 radical (unpaired) electrons. The van der Waals surface area contributed by atoms with Gasteiger partial charge in [0, 0.05) is 23.9 Å². The number of hydrogen-bond acceptors (Lipinski definition) is 8. The van der Waals surface area contributed by atoms with E-state index in [1.165, 1.54) is 17.3 Å². The summed E-state index contributed by atoms with van der Waals surface area (Å²) in [4.78, 5) is 41.4. The van der Waals surface area contributed by atoms with Gasteiger partial charge in [0.15, 0.2) is 5.82 Å². The molecule has 2 aliphatic rings. The first-order valence-corrected chi connectivity index (χ1v) is 8.12. The zero-order chi connectivity index (χ0) is 18.3. The highest BCUT2D eigenvalue weighted by molar-refractivity contribution is 5.72. The molecule has 0 aliphatic carbocycles. The summed E-state index contributed by atoms with van der Waals surface area (Å²) in [5.74, 6) is 0.126. The lowest BCUT2D eigenvalue weighted by Crippen LogP contribution is -2.24. The minimum Gasteiger partial charge on any atom is -0.466 e. The summed E-state index contributed by atoms with van der Waals surface area (Å²) in [5.41, 5.74) is 8.21. The number of nitrogens with two attached hydrogens (primary N) is 1. The number of esters is 1.